The molecule has 17 N–H and O–H groups in total. The average molecular weight is 2030 g/mol. The van der Waals surface area contributed by atoms with Crippen molar-refractivity contribution in [3.05, 3.63) is 224 Å². The molecule has 4 amide bonds. The number of hydrogen-bond acceptors (Lipinski definition) is 37. The van der Waals surface area contributed by atoms with Gasteiger partial charge in [-0.05, 0) is 219 Å². The Bertz CT molecular complexity index is 6970. The Hall–Kier alpha value is -14.7. The van der Waals surface area contributed by atoms with Crippen molar-refractivity contribution in [3.8, 4) is 51.7 Å². The fourth-order valence-electron chi connectivity index (χ4n) is 16.8. The minimum absolute atomic E-state index is 0.0233. The number of Topliss-reactive ketones (excluding diaryl/α,β-unsaturated/α-hetero) is 4. The lowest BCUT2D eigenvalue weighted by molar-refractivity contribution is -0.284. The number of aliphatic hydroxyl groups excluding tert-OH is 4. The minimum Gasteiger partial charge on any atom is -0.508 e. The van der Waals surface area contributed by atoms with Gasteiger partial charge in [-0.25, -0.2) is 38.4 Å². The lowest BCUT2D eigenvalue weighted by Gasteiger charge is -2.47. The SMILES string of the molecule is CC(=O)Cc1c(O)c2ccc(OC3OC(C)(C)[C@H](C)[C@H](OC(N)=O)[C@@H]3O)c(C)c2oc1=O.CC(=O)Cc1c(O)c2ccc(OC3OC(C)(C)[C@H](C)[C@H](OC(N)=O)[C@@H]3O)cc2oc1=O.CC(C)=CCc1cc(C(=O)Cc2c(O)c3ccc(OC4OC(C)(C)[C@H](C)[C@H](OC(N)=O)[C@@H]4O)cc3oc2=O)ccc1O.CC(C)=CCc1cc(C(=O)Cc2cc3ccc(OC4OC(C)(C)[C@H](C)[C@H](OC(N)=O)[C@@H]4O)cc3oc2=O)ccc1O. The number of primary amides is 4. The first-order chi connectivity index (χ1) is 68.1. The van der Waals surface area contributed by atoms with Crippen LogP contribution in [0.3, 0.4) is 0 Å². The number of phenolic OH excluding ortho intramolecular Hbond substituents is 2. The molecule has 4 unspecified atom stereocenters. The number of aryl methyl sites for hydroxylation is 1. The van der Waals surface area contributed by atoms with Crippen molar-refractivity contribution in [2.45, 2.75) is 266 Å². The maximum Gasteiger partial charge on any atom is 0.404 e. The lowest BCUT2D eigenvalue weighted by atomic mass is 9.82. The van der Waals surface area contributed by atoms with Crippen LogP contribution in [-0.4, -0.2) is 190 Å². The summed E-state index contributed by atoms with van der Waals surface area (Å²) in [5.41, 5.74) is 18.4. The van der Waals surface area contributed by atoms with Gasteiger partial charge in [0.2, 0.25) is 25.2 Å². The molecule has 0 aliphatic carbocycles. The van der Waals surface area contributed by atoms with Crippen LogP contribution in [0.2, 0.25) is 0 Å². The van der Waals surface area contributed by atoms with Crippen LogP contribution in [0.4, 0.5) is 19.2 Å². The van der Waals surface area contributed by atoms with Crippen molar-refractivity contribution in [2.75, 3.05) is 0 Å². The molecule has 0 bridgehead atoms. The van der Waals surface area contributed by atoms with E-state index in [1.54, 1.807) is 120 Å². The highest BCUT2D eigenvalue weighted by molar-refractivity contribution is 6.00. The summed E-state index contributed by atoms with van der Waals surface area (Å²) in [5, 5.41) is 96.2. The van der Waals surface area contributed by atoms with Crippen LogP contribution in [0.1, 0.15) is 184 Å². The van der Waals surface area contributed by atoms with Crippen molar-refractivity contribution < 1.29 is 159 Å². The zero-order valence-electron chi connectivity index (χ0n) is 83.8. The molecule has 0 radical (unpaired) electrons. The number of benzene rings is 6. The first-order valence-electron chi connectivity index (χ1n) is 46.5. The van der Waals surface area contributed by atoms with Crippen LogP contribution in [-0.2, 0) is 86.0 Å². The second-order valence-corrected chi connectivity index (χ2v) is 39.0. The van der Waals surface area contributed by atoms with Gasteiger partial charge in [-0.1, -0.05) is 51.0 Å². The quantitative estimate of drug-likeness (QED) is 0.0104. The first kappa shape index (κ1) is 112. The van der Waals surface area contributed by atoms with Crippen molar-refractivity contribution in [1.29, 1.82) is 0 Å². The third-order valence-corrected chi connectivity index (χ3v) is 26.3. The molecular weight excluding hydrogens is 1910 g/mol. The molecule has 41 nitrogen and oxygen atoms in total. The number of nitrogens with two attached hydrogens (primary N) is 4. The van der Waals surface area contributed by atoms with Crippen molar-refractivity contribution in [2.24, 2.45) is 46.6 Å². The number of aromatic hydroxyl groups is 5. The zero-order chi connectivity index (χ0) is 108. The zero-order valence-corrected chi connectivity index (χ0v) is 83.8. The highest BCUT2D eigenvalue weighted by atomic mass is 16.7. The Kier molecular flexibility index (Phi) is 34.6. The molecule has 4 fully saturated rings. The van der Waals surface area contributed by atoms with E-state index in [-0.39, 0.29) is 161 Å². The number of carbonyl (C=O) groups is 8. The average Bonchev–Trinajstić information content (AvgIpc) is 0.748. The highest BCUT2D eigenvalue weighted by Crippen LogP contribution is 2.45. The van der Waals surface area contributed by atoms with Gasteiger partial charge in [0.1, 0.15) is 110 Å². The molecule has 4 aliphatic rings. The number of hydrogen-bond donors (Lipinski definition) is 13. The first-order valence-corrected chi connectivity index (χ1v) is 46.5. The molecular formula is C105H122N4O37. The monoisotopic (exact) mass is 2030 g/mol. The van der Waals surface area contributed by atoms with E-state index in [0.29, 0.717) is 40.5 Å². The Morgan fingerprint density at radius 3 is 1.03 bits per heavy atom. The molecule has 41 heteroatoms. The second kappa shape index (κ2) is 45.3. The van der Waals surface area contributed by atoms with Gasteiger partial charge in [0.25, 0.3) is 0 Å². The number of ketones is 4. The summed E-state index contributed by atoms with van der Waals surface area (Å²) in [5.74, 6) is -3.08. The number of fused-ring (bicyclic) bond motifs is 4. The van der Waals surface area contributed by atoms with Crippen LogP contribution < -0.4 is 64.4 Å². The summed E-state index contributed by atoms with van der Waals surface area (Å²) in [6.07, 6.45) is -14.7. The minimum atomic E-state index is -1.38. The molecule has 4 aliphatic heterocycles. The molecule has 6 aromatic carbocycles. The van der Waals surface area contributed by atoms with Gasteiger partial charge in [-0.15, -0.1) is 0 Å². The number of carbonyl (C=O) groups excluding carboxylic acids is 8. The third-order valence-electron chi connectivity index (χ3n) is 26.3. The van der Waals surface area contributed by atoms with Crippen LogP contribution in [0.5, 0.6) is 51.7 Å². The third kappa shape index (κ3) is 26.1. The van der Waals surface area contributed by atoms with Gasteiger partial charge < -0.3 is 143 Å². The number of ether oxygens (including phenoxy) is 12. The summed E-state index contributed by atoms with van der Waals surface area (Å²) in [6, 6.07) is 26.9. The van der Waals surface area contributed by atoms with Gasteiger partial charge >= 0.3 is 46.9 Å². The Morgan fingerprint density at radius 1 is 0.363 bits per heavy atom. The fraction of sp³-hybridized carbons (Fsp3) is 0.429. The fourth-order valence-corrected chi connectivity index (χ4v) is 16.8. The van der Waals surface area contributed by atoms with Gasteiger partial charge in [0.15, 0.2) is 36.0 Å². The Labute approximate surface area is 835 Å². The van der Waals surface area contributed by atoms with Gasteiger partial charge in [-0.3, -0.25) is 19.2 Å². The van der Waals surface area contributed by atoms with Crippen molar-refractivity contribution in [1.82, 2.24) is 0 Å². The van der Waals surface area contributed by atoms with Crippen LogP contribution >= 0.6 is 0 Å². The summed E-state index contributed by atoms with van der Waals surface area (Å²) in [7, 11) is 0. The summed E-state index contributed by atoms with van der Waals surface area (Å²) in [6.45, 7) is 33.1. The molecule has 10 aromatic rings. The van der Waals surface area contributed by atoms with Crippen molar-refractivity contribution in [3.63, 3.8) is 0 Å². The number of amides is 4. The van der Waals surface area contributed by atoms with Gasteiger partial charge in [-0.2, -0.15) is 0 Å². The van der Waals surface area contributed by atoms with E-state index in [9.17, 15) is 103 Å². The van der Waals surface area contributed by atoms with Crippen LogP contribution in [0.25, 0.3) is 43.9 Å². The van der Waals surface area contributed by atoms with E-state index in [4.69, 9.17) is 97.4 Å². The molecule has 784 valence electrons. The van der Waals surface area contributed by atoms with E-state index in [1.807, 2.05) is 39.8 Å². The molecule has 4 aromatic heterocycles. The van der Waals surface area contributed by atoms with Gasteiger partial charge in [0.05, 0.1) is 55.3 Å². The molecule has 8 heterocycles. The number of allylic oxidation sites excluding steroid dienone is 4. The summed E-state index contributed by atoms with van der Waals surface area (Å²) in [4.78, 5) is 144. The standard InChI is InChI=1S/C31H35NO10.C31H35NO9.C22H27NO9.C21H25NO9/c1-15(2)6-7-17-12-18(8-11-22(17)33)23(34)14-21-25(35)20-10-9-19(13-24(20)40-28(21)37)39-29-26(36)27(41-30(32)38)16(3)31(4,5)42-29;1-16(2)6-7-18-12-19(9-11-23(18)33)24(34)14-21-13-20-8-10-22(15-25(20)39-28(21)36)38-29-26(35)27(40-30(32)37)17(3)31(4,5)41-29;1-9(24)8-13-15(25)12-6-7-14(10(2)17(12)30-19(13)27)29-20-16(26)18(31-21(23)28)11(3)22(4,5)32-20;1-9(23)7-13-15(24)12-6-5-11(8-14(12)29-18(13)26)28-19-16(25)17(30-20(22)27)10(2)21(3,4)31-19/h6,8-13,16,26-27,29,33,35-36H,7,14H2,1-5H3,(H2,32,38);6,8-13,15,17,26-27,29,33,35H,7,14H2,1-5H3,(H2,32,37);6-7,11,16,18,20,25-26H,8H2,1-5H3,(H2,23,28);5-6,8,10,16-17,19,24-25H,7H2,1-4H3,(H2,22,27)/t16-,26+,27+,29?;17-,26+,27+,29?;11-,16+,18+,20?;10-,16+,17+,19?/m1111/s1. The summed E-state index contributed by atoms with van der Waals surface area (Å²) < 4.78 is 88.9. The number of aliphatic hydroxyl groups is 4. The number of rotatable bonds is 26. The molecule has 0 spiro atoms. The molecule has 0 saturated carbocycles. The predicted octanol–water partition coefficient (Wildman–Crippen LogP) is 12.0. The van der Waals surface area contributed by atoms with E-state index < -0.39 is 173 Å². The number of phenols is 2. The van der Waals surface area contributed by atoms with E-state index in [2.05, 4.69) is 0 Å². The van der Waals surface area contributed by atoms with E-state index in [1.165, 1.54) is 92.7 Å². The largest absolute Gasteiger partial charge is 0.508 e. The maximum atomic E-state index is 13.0. The maximum absolute atomic E-state index is 13.0. The predicted molar refractivity (Wildman–Crippen MR) is 524 cm³/mol. The summed E-state index contributed by atoms with van der Waals surface area (Å²) >= 11 is 0. The van der Waals surface area contributed by atoms with E-state index >= 15 is 0 Å². The normalized spacial score (nSPS) is 23.1. The molecule has 14 rings (SSSR count). The van der Waals surface area contributed by atoms with Gasteiger partial charge in [0, 0.05) is 95.2 Å². The topological polar surface area (TPSA) is 654 Å². The Balaban J connectivity index is 0.000000187. The van der Waals surface area contributed by atoms with Crippen LogP contribution in [0.15, 0.2) is 169 Å². The van der Waals surface area contributed by atoms with Crippen LogP contribution in [0, 0.1) is 30.6 Å². The Morgan fingerprint density at radius 2 is 0.678 bits per heavy atom. The smallest absolute Gasteiger partial charge is 0.404 e. The van der Waals surface area contributed by atoms with Crippen molar-refractivity contribution >= 4 is 91.4 Å². The molecule has 16 atom stereocenters. The second-order valence-electron chi connectivity index (χ2n) is 39.0. The lowest BCUT2D eigenvalue weighted by Crippen LogP contribution is -2.61. The van der Waals surface area contributed by atoms with E-state index in [0.717, 1.165) is 11.1 Å². The molecule has 146 heavy (non-hydrogen) atoms. The highest BCUT2D eigenvalue weighted by Gasteiger charge is 2.55. The molecule has 4 saturated heterocycles.